The first kappa shape index (κ1) is 4.12. The molecule has 34 valence electrons. The van der Waals surface area contributed by atoms with Crippen molar-refractivity contribution < 1.29 is 0 Å². The van der Waals surface area contributed by atoms with Gasteiger partial charge in [-0.15, -0.1) is 9.98 Å². The molecule has 0 saturated carbocycles. The van der Waals surface area contributed by atoms with Crippen LogP contribution in [0.2, 0.25) is 0 Å². The zero-order valence-corrected chi connectivity index (χ0v) is 3.83. The van der Waals surface area contributed by atoms with Crippen LogP contribution in [-0.4, -0.2) is 12.4 Å². The summed E-state index contributed by atoms with van der Waals surface area (Å²) in [6.07, 6.45) is 5.58. The Kier molecular flexibility index (Phi) is 0.941. The lowest BCUT2D eigenvalue weighted by Crippen LogP contribution is -1.72. The van der Waals surface area contributed by atoms with E-state index >= 15 is 0 Å². The average Bonchev–Trinajstić information content (AvgIpc) is 2.14. The third-order valence-electron chi connectivity index (χ3n) is 0.663. The van der Waals surface area contributed by atoms with Crippen molar-refractivity contribution in [3.63, 3.8) is 0 Å². The van der Waals surface area contributed by atoms with E-state index in [1.165, 1.54) is 0 Å². The molecule has 1 heterocycles. The minimum atomic E-state index is 0.694. The molecule has 0 atom stereocenters. The quantitative estimate of drug-likeness (QED) is 0.429. The molecule has 0 amide bonds. The van der Waals surface area contributed by atoms with E-state index in [-0.39, 0.29) is 0 Å². The Morgan fingerprint density at radius 1 is 1.43 bits per heavy atom. The molecule has 0 aromatic carbocycles. The highest BCUT2D eigenvalue weighted by Gasteiger charge is 2.05. The number of hydrogen-bond acceptors (Lipinski definition) is 2. The number of aliphatic imine (C=N–C) groups is 2. The summed E-state index contributed by atoms with van der Waals surface area (Å²) in [4.78, 5) is 7.61. The van der Waals surface area contributed by atoms with Gasteiger partial charge in [-0.05, 0) is 6.58 Å². The van der Waals surface area contributed by atoms with Crippen LogP contribution in [0.15, 0.2) is 22.6 Å². The van der Waals surface area contributed by atoms with Gasteiger partial charge in [0, 0.05) is 0 Å². The van der Waals surface area contributed by atoms with E-state index in [9.17, 15) is 0 Å². The van der Waals surface area contributed by atoms with E-state index in [1.807, 2.05) is 0 Å². The Labute approximate surface area is 42.3 Å². The molecule has 2 nitrogen and oxygen atoms in total. The first-order valence-corrected chi connectivity index (χ1v) is 1.99. The van der Waals surface area contributed by atoms with Crippen LogP contribution in [0.1, 0.15) is 0 Å². The predicted molar refractivity (Wildman–Crippen MR) is 30.4 cm³/mol. The molecule has 1 aliphatic rings. The van der Waals surface area contributed by atoms with Crippen molar-refractivity contribution in [3.05, 3.63) is 18.8 Å². The smallest absolute Gasteiger partial charge is 0.127 e. The predicted octanol–water partition coefficient (Wildman–Crippen LogP) is 0.817. The molecule has 0 bridgehead atoms. The van der Waals surface area contributed by atoms with E-state index < -0.39 is 0 Å². The molecule has 0 aliphatic carbocycles. The van der Waals surface area contributed by atoms with E-state index in [4.69, 9.17) is 0 Å². The third kappa shape index (κ3) is 0.682. The molecule has 1 rings (SSSR count). The number of rotatable bonds is 1. The Morgan fingerprint density at radius 2 is 2.00 bits per heavy atom. The molecule has 7 heavy (non-hydrogen) atoms. The molecule has 0 aromatic rings. The lowest BCUT2D eigenvalue weighted by atomic mass is 10.5. The Balaban J connectivity index is 2.59. The van der Waals surface area contributed by atoms with Crippen LogP contribution in [-0.2, 0) is 0 Å². The van der Waals surface area contributed by atoms with Crippen molar-refractivity contribution in [3.8, 4) is 0 Å². The van der Waals surface area contributed by atoms with Gasteiger partial charge in [0.15, 0.2) is 12.4 Å². The van der Waals surface area contributed by atoms with Gasteiger partial charge in [0.2, 0.25) is 6.17 Å². The highest BCUT2D eigenvalue weighted by atomic mass is 15.0. The summed E-state index contributed by atoms with van der Waals surface area (Å²) in [7, 11) is 0. The normalized spacial score (nSPS) is 15.7. The van der Waals surface area contributed by atoms with Crippen molar-refractivity contribution >= 4 is 12.4 Å². The largest absolute Gasteiger partial charge is 0.246 e. The third-order valence-corrected chi connectivity index (χ3v) is 0.663. The molecule has 0 aromatic heterocycles. The summed E-state index contributed by atoms with van der Waals surface area (Å²) in [5, 5.41) is 0. The van der Waals surface area contributed by atoms with Gasteiger partial charge in [-0.25, -0.2) is 0 Å². The number of nitrogens with zero attached hydrogens (tertiary/aromatic N) is 2. The Bertz CT molecular complexity index is 112. The van der Waals surface area contributed by atoms with Crippen LogP contribution in [0, 0.1) is 6.17 Å². The second-order valence-electron chi connectivity index (χ2n) is 1.12. The van der Waals surface area contributed by atoms with Crippen molar-refractivity contribution in [1.29, 1.82) is 0 Å². The highest BCUT2D eigenvalue weighted by Crippen LogP contribution is 2.05. The van der Waals surface area contributed by atoms with Crippen molar-refractivity contribution in [2.24, 2.45) is 9.98 Å². The number of hydrogen-bond donors (Lipinski definition) is 0. The van der Waals surface area contributed by atoms with Crippen LogP contribution in [0.5, 0.6) is 0 Å². The zero-order chi connectivity index (χ0) is 5.11. The highest BCUT2D eigenvalue weighted by molar-refractivity contribution is 6.18. The van der Waals surface area contributed by atoms with Gasteiger partial charge in [0.05, 0.1) is 6.08 Å². The SMILES string of the molecule is C=C[C+]1N=CC=N1. The standard InChI is InChI=1S/C5H5N2/c1-2-5-6-3-4-7-5/h2-4H,1H2/q+1. The summed E-state index contributed by atoms with van der Waals surface area (Å²) in [5.74, 6) is 0. The minimum absolute atomic E-state index is 0.694. The molecule has 2 heteroatoms. The van der Waals surface area contributed by atoms with Crippen LogP contribution in [0.25, 0.3) is 0 Å². The molecule has 0 radical (unpaired) electrons. The maximum atomic E-state index is 3.81. The minimum Gasteiger partial charge on any atom is -0.127 e. The van der Waals surface area contributed by atoms with E-state index in [1.54, 1.807) is 18.5 Å². The van der Waals surface area contributed by atoms with Crippen molar-refractivity contribution in [1.82, 2.24) is 0 Å². The average molecular weight is 93.1 g/mol. The maximum absolute atomic E-state index is 3.81. The summed E-state index contributed by atoms with van der Waals surface area (Å²) in [6.45, 7) is 3.48. The van der Waals surface area contributed by atoms with Crippen LogP contribution >= 0.6 is 0 Å². The van der Waals surface area contributed by atoms with Gasteiger partial charge in [0.1, 0.15) is 0 Å². The lowest BCUT2D eigenvalue weighted by molar-refractivity contribution is 1.12. The first-order chi connectivity index (χ1) is 3.43. The second kappa shape index (κ2) is 1.60. The van der Waals surface area contributed by atoms with Gasteiger partial charge < -0.3 is 0 Å². The van der Waals surface area contributed by atoms with Crippen molar-refractivity contribution in [2.75, 3.05) is 0 Å². The summed E-state index contributed by atoms with van der Waals surface area (Å²) >= 11 is 0. The van der Waals surface area contributed by atoms with Gasteiger partial charge in [0.25, 0.3) is 0 Å². The molecular weight excluding hydrogens is 88.1 g/mol. The monoisotopic (exact) mass is 93.0 g/mol. The second-order valence-corrected chi connectivity index (χ2v) is 1.12. The topological polar surface area (TPSA) is 24.7 Å². The fourth-order valence-corrected chi connectivity index (χ4v) is 0.358. The van der Waals surface area contributed by atoms with Crippen LogP contribution in [0.3, 0.4) is 0 Å². The molecule has 0 fully saturated rings. The molecular formula is C5H5N2+. The van der Waals surface area contributed by atoms with E-state index in [0.29, 0.717) is 6.17 Å². The fraction of sp³-hybridized carbons (Fsp3) is 0. The van der Waals surface area contributed by atoms with Gasteiger partial charge in [-0.2, -0.15) is 0 Å². The zero-order valence-electron chi connectivity index (χ0n) is 3.83. The van der Waals surface area contributed by atoms with E-state index in [2.05, 4.69) is 16.6 Å². The molecule has 0 unspecified atom stereocenters. The molecule has 0 saturated heterocycles. The first-order valence-electron chi connectivity index (χ1n) is 1.99. The van der Waals surface area contributed by atoms with E-state index in [0.717, 1.165) is 0 Å². The molecule has 1 aliphatic heterocycles. The fourth-order valence-electron chi connectivity index (χ4n) is 0.358. The Hall–Kier alpha value is -1.05. The van der Waals surface area contributed by atoms with Gasteiger partial charge >= 0.3 is 0 Å². The molecule has 0 spiro atoms. The summed E-state index contributed by atoms with van der Waals surface area (Å²) in [6, 6.07) is 0. The van der Waals surface area contributed by atoms with Gasteiger partial charge in [-0.1, -0.05) is 0 Å². The van der Waals surface area contributed by atoms with Crippen LogP contribution < -0.4 is 0 Å². The summed E-state index contributed by atoms with van der Waals surface area (Å²) in [5.41, 5.74) is 0. The Morgan fingerprint density at radius 3 is 2.29 bits per heavy atom. The van der Waals surface area contributed by atoms with Crippen LogP contribution in [0.4, 0.5) is 0 Å². The maximum Gasteiger partial charge on any atom is 0.246 e. The van der Waals surface area contributed by atoms with Crippen molar-refractivity contribution in [2.45, 2.75) is 0 Å². The lowest BCUT2D eigenvalue weighted by Gasteiger charge is -1.77. The van der Waals surface area contributed by atoms with Gasteiger partial charge in [-0.3, -0.25) is 0 Å². The molecule has 0 N–H and O–H groups in total. The summed E-state index contributed by atoms with van der Waals surface area (Å²) < 4.78 is 0.